The third-order valence-corrected chi connectivity index (χ3v) is 3.40. The maximum absolute atomic E-state index is 6.03. The molecule has 1 heterocycles. The first-order chi connectivity index (χ1) is 10.2. The Balaban J connectivity index is 1.72. The average molecular weight is 320 g/mol. The molecular weight excluding hydrogens is 309 g/mol. The molecule has 0 aliphatic carbocycles. The van der Waals surface area contributed by atoms with Crippen molar-refractivity contribution in [3.8, 4) is 17.1 Å². The third-order valence-electron chi connectivity index (χ3n) is 2.86. The molecule has 2 aromatic carbocycles. The molecule has 0 radical (unpaired) electrons. The maximum Gasteiger partial charge on any atom is 0.232 e. The fourth-order valence-electron chi connectivity index (χ4n) is 1.84. The highest BCUT2D eigenvalue weighted by atomic mass is 35.5. The van der Waals surface area contributed by atoms with Crippen LogP contribution in [0.1, 0.15) is 5.89 Å². The molecule has 3 rings (SSSR count). The Morgan fingerprint density at radius 2 is 1.86 bits per heavy atom. The zero-order valence-corrected chi connectivity index (χ0v) is 12.4. The molecule has 0 aliphatic heterocycles. The second-order valence-electron chi connectivity index (χ2n) is 4.35. The summed E-state index contributed by atoms with van der Waals surface area (Å²) in [5.41, 5.74) is 0.969. The van der Waals surface area contributed by atoms with E-state index in [0.29, 0.717) is 27.4 Å². The Kier molecular flexibility index (Phi) is 4.13. The van der Waals surface area contributed by atoms with E-state index < -0.39 is 0 Å². The highest BCUT2D eigenvalue weighted by Crippen LogP contribution is 2.28. The van der Waals surface area contributed by atoms with Gasteiger partial charge in [-0.05, 0) is 12.1 Å². The number of aromatic nitrogens is 1. The van der Waals surface area contributed by atoms with Gasteiger partial charge in [-0.2, -0.15) is 0 Å². The van der Waals surface area contributed by atoms with Crippen molar-refractivity contribution in [3.05, 3.63) is 70.7 Å². The molecule has 0 fully saturated rings. The summed E-state index contributed by atoms with van der Waals surface area (Å²) >= 11 is 11.9. The van der Waals surface area contributed by atoms with Gasteiger partial charge >= 0.3 is 0 Å². The third kappa shape index (κ3) is 3.38. The minimum atomic E-state index is 0.187. The van der Waals surface area contributed by atoms with E-state index in [9.17, 15) is 0 Å². The number of oxazole rings is 1. The van der Waals surface area contributed by atoms with Gasteiger partial charge in [0.2, 0.25) is 5.89 Å². The molecule has 0 atom stereocenters. The van der Waals surface area contributed by atoms with Crippen LogP contribution in [0, 0.1) is 0 Å². The number of hydrogen-bond donors (Lipinski definition) is 0. The smallest absolute Gasteiger partial charge is 0.232 e. The first-order valence-electron chi connectivity index (χ1n) is 6.30. The van der Waals surface area contributed by atoms with Gasteiger partial charge in [0.15, 0.2) is 12.4 Å². The molecule has 0 N–H and O–H groups in total. The molecular formula is C16H11Cl2NO2. The Bertz CT molecular complexity index is 741. The van der Waals surface area contributed by atoms with E-state index >= 15 is 0 Å². The van der Waals surface area contributed by atoms with Crippen molar-refractivity contribution < 1.29 is 9.15 Å². The van der Waals surface area contributed by atoms with Crippen LogP contribution in [0.2, 0.25) is 10.0 Å². The van der Waals surface area contributed by atoms with Gasteiger partial charge < -0.3 is 9.15 Å². The van der Waals surface area contributed by atoms with E-state index in [1.165, 1.54) is 0 Å². The lowest BCUT2D eigenvalue weighted by atomic mass is 10.2. The largest absolute Gasteiger partial charge is 0.482 e. The van der Waals surface area contributed by atoms with Crippen molar-refractivity contribution in [2.75, 3.05) is 0 Å². The quantitative estimate of drug-likeness (QED) is 0.660. The zero-order chi connectivity index (χ0) is 14.7. The summed E-state index contributed by atoms with van der Waals surface area (Å²) in [7, 11) is 0. The second kappa shape index (κ2) is 6.20. The predicted octanol–water partition coefficient (Wildman–Crippen LogP) is 5.23. The van der Waals surface area contributed by atoms with Crippen molar-refractivity contribution in [3.63, 3.8) is 0 Å². The van der Waals surface area contributed by atoms with Crippen molar-refractivity contribution in [1.29, 1.82) is 0 Å². The van der Waals surface area contributed by atoms with E-state index in [-0.39, 0.29) is 6.61 Å². The van der Waals surface area contributed by atoms with Crippen LogP contribution in [-0.4, -0.2) is 4.98 Å². The number of halogens is 2. The topological polar surface area (TPSA) is 35.3 Å². The molecule has 1 aromatic heterocycles. The summed E-state index contributed by atoms with van der Waals surface area (Å²) in [5.74, 6) is 1.68. The van der Waals surface area contributed by atoms with Crippen LogP contribution < -0.4 is 4.74 Å². The van der Waals surface area contributed by atoms with Gasteiger partial charge in [0.25, 0.3) is 0 Å². The molecule has 0 aliphatic rings. The number of ether oxygens (including phenoxy) is 1. The SMILES string of the molecule is Clc1ccc(Cl)c(OCc2ncc(-c3ccccc3)o2)c1. The van der Waals surface area contributed by atoms with Crippen LogP contribution >= 0.6 is 23.2 Å². The number of benzene rings is 2. The zero-order valence-electron chi connectivity index (χ0n) is 10.9. The Morgan fingerprint density at radius 1 is 1.05 bits per heavy atom. The Morgan fingerprint density at radius 3 is 2.67 bits per heavy atom. The van der Waals surface area contributed by atoms with E-state index in [1.807, 2.05) is 30.3 Å². The number of rotatable bonds is 4. The molecule has 0 amide bonds. The summed E-state index contributed by atoms with van der Waals surface area (Å²) in [4.78, 5) is 4.19. The maximum atomic E-state index is 6.03. The van der Waals surface area contributed by atoms with Gasteiger partial charge in [0.1, 0.15) is 5.75 Å². The molecule has 0 unspecified atom stereocenters. The van der Waals surface area contributed by atoms with Crippen LogP contribution in [0.3, 0.4) is 0 Å². The standard InChI is InChI=1S/C16H11Cl2NO2/c17-12-6-7-13(18)14(8-12)20-10-16-19-9-15(21-16)11-4-2-1-3-5-11/h1-9H,10H2. The van der Waals surface area contributed by atoms with E-state index in [2.05, 4.69) is 4.98 Å². The van der Waals surface area contributed by atoms with Gasteiger partial charge in [-0.3, -0.25) is 0 Å². The highest BCUT2D eigenvalue weighted by Gasteiger charge is 2.08. The molecule has 3 nitrogen and oxygen atoms in total. The van der Waals surface area contributed by atoms with Crippen molar-refractivity contribution in [2.24, 2.45) is 0 Å². The lowest BCUT2D eigenvalue weighted by molar-refractivity contribution is 0.265. The molecule has 3 aromatic rings. The summed E-state index contributed by atoms with van der Waals surface area (Å²) < 4.78 is 11.2. The predicted molar refractivity (Wildman–Crippen MR) is 82.7 cm³/mol. The fourth-order valence-corrected chi connectivity index (χ4v) is 2.17. The van der Waals surface area contributed by atoms with Crippen molar-refractivity contribution in [1.82, 2.24) is 4.98 Å². The Labute approximate surface area is 132 Å². The minimum absolute atomic E-state index is 0.187. The van der Waals surface area contributed by atoms with Crippen LogP contribution in [0.25, 0.3) is 11.3 Å². The van der Waals surface area contributed by atoms with Gasteiger partial charge in [-0.15, -0.1) is 0 Å². The first kappa shape index (κ1) is 14.0. The summed E-state index contributed by atoms with van der Waals surface area (Å²) in [5, 5.41) is 1.06. The first-order valence-corrected chi connectivity index (χ1v) is 7.06. The lowest BCUT2D eigenvalue weighted by Crippen LogP contribution is -1.95. The average Bonchev–Trinajstić information content (AvgIpc) is 2.98. The van der Waals surface area contributed by atoms with Crippen LogP contribution in [0.4, 0.5) is 0 Å². The molecule has 0 saturated carbocycles. The fraction of sp³-hybridized carbons (Fsp3) is 0.0625. The summed E-state index contributed by atoms with van der Waals surface area (Å²) in [6.07, 6.45) is 1.67. The molecule has 21 heavy (non-hydrogen) atoms. The van der Waals surface area contributed by atoms with E-state index in [1.54, 1.807) is 24.4 Å². The second-order valence-corrected chi connectivity index (χ2v) is 5.19. The monoisotopic (exact) mass is 319 g/mol. The summed E-state index contributed by atoms with van der Waals surface area (Å²) in [6, 6.07) is 14.8. The normalized spacial score (nSPS) is 10.6. The van der Waals surface area contributed by atoms with Gasteiger partial charge in [0.05, 0.1) is 11.2 Å². The van der Waals surface area contributed by atoms with Crippen LogP contribution in [-0.2, 0) is 6.61 Å². The molecule has 0 spiro atoms. The van der Waals surface area contributed by atoms with E-state index in [4.69, 9.17) is 32.4 Å². The van der Waals surface area contributed by atoms with Crippen LogP contribution in [0.15, 0.2) is 59.1 Å². The van der Waals surface area contributed by atoms with Gasteiger partial charge in [-0.1, -0.05) is 53.5 Å². The molecule has 5 heteroatoms. The van der Waals surface area contributed by atoms with Gasteiger partial charge in [0, 0.05) is 16.7 Å². The highest BCUT2D eigenvalue weighted by molar-refractivity contribution is 6.34. The summed E-state index contributed by atoms with van der Waals surface area (Å²) in [6.45, 7) is 0.187. The molecule has 106 valence electrons. The lowest BCUT2D eigenvalue weighted by Gasteiger charge is -2.06. The Hall–Kier alpha value is -1.97. The number of hydrogen-bond acceptors (Lipinski definition) is 3. The van der Waals surface area contributed by atoms with Crippen molar-refractivity contribution >= 4 is 23.2 Å². The van der Waals surface area contributed by atoms with Gasteiger partial charge in [-0.25, -0.2) is 4.98 Å². The van der Waals surface area contributed by atoms with Crippen molar-refractivity contribution in [2.45, 2.75) is 6.61 Å². The molecule has 0 bridgehead atoms. The van der Waals surface area contributed by atoms with E-state index in [0.717, 1.165) is 5.56 Å². The molecule has 0 saturated heterocycles. The minimum Gasteiger partial charge on any atom is -0.482 e. The van der Waals surface area contributed by atoms with Crippen LogP contribution in [0.5, 0.6) is 5.75 Å². The number of nitrogens with zero attached hydrogens (tertiary/aromatic N) is 1.